The van der Waals surface area contributed by atoms with E-state index < -0.39 is 85.9 Å². The lowest BCUT2D eigenvalue weighted by Gasteiger charge is -2.34. The lowest BCUT2D eigenvalue weighted by atomic mass is 9.80. The average molecular weight is 1140 g/mol. The Hall–Kier alpha value is -6.79. The molecule has 2 fully saturated rings. The summed E-state index contributed by atoms with van der Waals surface area (Å²) in [4.78, 5) is 48.2. The number of hydrogen-bond donors (Lipinski definition) is 2. The van der Waals surface area contributed by atoms with Crippen LogP contribution in [0, 0.1) is 17.1 Å². The van der Waals surface area contributed by atoms with Gasteiger partial charge in [-0.2, -0.15) is 10.2 Å². The molecule has 4 aliphatic rings. The molecule has 3 amide bonds. The smallest absolute Gasteiger partial charge is 0.409 e. The molecule has 2 aromatic heterocycles. The average Bonchev–Trinajstić information content (AvgIpc) is 4.09. The van der Waals surface area contributed by atoms with Crippen molar-refractivity contribution in [2.75, 3.05) is 61.6 Å². The van der Waals surface area contributed by atoms with Crippen LogP contribution in [0.3, 0.4) is 0 Å². The highest BCUT2D eigenvalue weighted by atomic mass is 35.5. The third-order valence-electron chi connectivity index (χ3n) is 13.5. The Morgan fingerprint density at radius 2 is 1.55 bits per heavy atom. The Morgan fingerprint density at radius 1 is 0.922 bits per heavy atom. The van der Waals surface area contributed by atoms with Crippen molar-refractivity contribution in [1.82, 2.24) is 30.1 Å². The van der Waals surface area contributed by atoms with Crippen LogP contribution in [0.2, 0.25) is 10.0 Å². The molecule has 0 saturated carbocycles. The zero-order chi connectivity index (χ0) is 55.1. The van der Waals surface area contributed by atoms with E-state index in [0.717, 1.165) is 17.2 Å². The molecule has 0 bridgehead atoms. The van der Waals surface area contributed by atoms with Crippen LogP contribution >= 0.6 is 23.2 Å². The van der Waals surface area contributed by atoms with Gasteiger partial charge in [0.2, 0.25) is 35.3 Å². The molecule has 77 heavy (non-hydrogen) atoms. The largest absolute Gasteiger partial charge is 0.453 e. The van der Waals surface area contributed by atoms with Crippen LogP contribution in [0.1, 0.15) is 48.1 Å². The number of amides is 3. The third-order valence-corrected chi connectivity index (χ3v) is 17.3. The molecular formula is C50H48Cl2F3N11O9S2. The highest BCUT2D eigenvalue weighted by Gasteiger charge is 2.44. The maximum absolute atomic E-state index is 15.3. The molecule has 2 saturated heterocycles. The van der Waals surface area contributed by atoms with Gasteiger partial charge in [0.15, 0.2) is 9.84 Å². The van der Waals surface area contributed by atoms with E-state index in [1.807, 2.05) is 0 Å². The molecule has 27 heteroatoms. The van der Waals surface area contributed by atoms with Crippen molar-refractivity contribution < 1.29 is 53.9 Å². The number of hydrogen-bond acceptors (Lipinski definition) is 17. The number of nitriles is 1. The van der Waals surface area contributed by atoms with Gasteiger partial charge in [-0.1, -0.05) is 52.6 Å². The number of methoxy groups -OCH3 is 1. The quantitative estimate of drug-likeness (QED) is 0.171. The molecule has 4 atom stereocenters. The third kappa shape index (κ3) is 11.6. The summed E-state index contributed by atoms with van der Waals surface area (Å²) in [5.74, 6) is -6.24. The molecule has 0 radical (unpaired) electrons. The number of halogens is 5. The summed E-state index contributed by atoms with van der Waals surface area (Å²) >= 11 is 12.0. The van der Waals surface area contributed by atoms with Crippen molar-refractivity contribution in [1.29, 1.82) is 5.26 Å². The zero-order valence-corrected chi connectivity index (χ0v) is 44.2. The Labute approximate surface area is 451 Å². The molecule has 2 unspecified atom stereocenters. The summed E-state index contributed by atoms with van der Waals surface area (Å²) in [5.41, 5.74) is 12.9. The van der Waals surface area contributed by atoms with Crippen LogP contribution in [-0.4, -0.2) is 131 Å². The summed E-state index contributed by atoms with van der Waals surface area (Å²) in [5, 5.41) is 23.1. The van der Waals surface area contributed by atoms with Gasteiger partial charge in [-0.3, -0.25) is 18.7 Å². The fourth-order valence-electron chi connectivity index (χ4n) is 9.57. The van der Waals surface area contributed by atoms with Gasteiger partial charge in [0.1, 0.15) is 11.2 Å². The Balaban J connectivity index is 0.000000188. The lowest BCUT2D eigenvalue weighted by Crippen LogP contribution is -2.45. The minimum Gasteiger partial charge on any atom is -0.453 e. The minimum atomic E-state index is -3.89. The number of fused-ring (bicyclic) bond motifs is 2. The van der Waals surface area contributed by atoms with Gasteiger partial charge in [0.25, 0.3) is 5.92 Å². The van der Waals surface area contributed by atoms with Crippen LogP contribution in [0.15, 0.2) is 97.6 Å². The summed E-state index contributed by atoms with van der Waals surface area (Å²) < 4.78 is 98.6. The second-order valence-electron chi connectivity index (χ2n) is 19.1. The normalized spacial score (nSPS) is 21.9. The van der Waals surface area contributed by atoms with E-state index in [9.17, 15) is 41.1 Å². The van der Waals surface area contributed by atoms with Gasteiger partial charge < -0.3 is 39.8 Å². The van der Waals surface area contributed by atoms with Crippen molar-refractivity contribution in [2.45, 2.75) is 71.5 Å². The number of carbonyl (C=O) groups excluding carboxylic acids is 3. The predicted octanol–water partition coefficient (Wildman–Crippen LogP) is 6.23. The summed E-state index contributed by atoms with van der Waals surface area (Å²) in [6.45, 7) is 0.581. The highest BCUT2D eigenvalue weighted by Crippen LogP contribution is 2.41. The number of rotatable bonds is 8. The molecule has 404 valence electrons. The first kappa shape index (κ1) is 55.0. The Kier molecular flexibility index (Phi) is 15.6. The predicted molar refractivity (Wildman–Crippen MR) is 274 cm³/mol. The fraction of sp³-hybridized carbons (Fsp3) is 0.360. The maximum atomic E-state index is 15.3. The number of benzene rings is 4. The number of ether oxygens (including phenoxy) is 1. The molecule has 4 aliphatic heterocycles. The Bertz CT molecular complexity index is 3430. The highest BCUT2D eigenvalue weighted by molar-refractivity contribution is 7.91. The van der Waals surface area contributed by atoms with E-state index in [1.165, 1.54) is 51.0 Å². The molecule has 0 spiro atoms. The lowest BCUT2D eigenvalue weighted by molar-refractivity contribution is -0.120. The van der Waals surface area contributed by atoms with Crippen LogP contribution in [0.4, 0.5) is 29.3 Å². The van der Waals surface area contributed by atoms with Gasteiger partial charge in [-0.25, -0.2) is 26.4 Å². The van der Waals surface area contributed by atoms with Gasteiger partial charge in [-0.05, 0) is 85.6 Å². The first-order chi connectivity index (χ1) is 36.6. The number of nitrogens with zero attached hydrogens (tertiary/aromatic N) is 9. The molecular weight excluding hydrogens is 1090 g/mol. The minimum absolute atomic E-state index is 0.0322. The number of aromatic nitrogens is 4. The van der Waals surface area contributed by atoms with Crippen LogP contribution in [-0.2, 0) is 53.5 Å². The molecule has 0 aliphatic carbocycles. The molecule has 6 aromatic rings. The van der Waals surface area contributed by atoms with Gasteiger partial charge in [0, 0.05) is 41.7 Å². The second-order valence-corrected chi connectivity index (χ2v) is 23.4. The van der Waals surface area contributed by atoms with Gasteiger partial charge >= 0.3 is 6.09 Å². The standard InChI is InChI=1S/C26H25ClN6O6S.C24H23ClF3N5O3S/c1-38-25(35)32-10-8-26(15-28,9-11-32)24-31-30-22(39-24)17-4-7-21-20(12-17)33(13-16-2-5-18(27)6-3-16)23(34)19(29)14-40(21,36)37;1-32-10-14(8-24(27,28)12-32)22-30-21(31-36-22)16-6-19-20(7-17(16)26)37(35)11-18(29)23(34)33(19)9-13-2-4-15(25)5-3-13/h2-7,12,19H,8-11,13-14,29H2,1H3;2-7,14,18H,8-12,29H2,1H3/t19-;14?,18-,37?/m00/s1. The van der Waals surface area contributed by atoms with Gasteiger partial charge in [-0.15, -0.1) is 10.2 Å². The van der Waals surface area contributed by atoms with Crippen LogP contribution in [0.5, 0.6) is 0 Å². The number of piperidine rings is 2. The van der Waals surface area contributed by atoms with E-state index >= 15 is 4.39 Å². The monoisotopic (exact) mass is 1140 g/mol. The van der Waals surface area contributed by atoms with Crippen molar-refractivity contribution in [3.8, 4) is 28.9 Å². The number of likely N-dealkylation sites (tertiary alicyclic amines) is 2. The molecule has 4 aromatic carbocycles. The van der Waals surface area contributed by atoms with E-state index in [1.54, 1.807) is 55.6 Å². The zero-order valence-electron chi connectivity index (χ0n) is 41.1. The maximum Gasteiger partial charge on any atom is 0.409 e. The molecule has 10 rings (SSSR count). The molecule has 20 nitrogen and oxygen atoms in total. The number of likely N-dealkylation sites (N-methyl/N-ethyl adjacent to an activating group) is 1. The molecule has 4 N–H and O–H groups in total. The summed E-state index contributed by atoms with van der Waals surface area (Å²) in [7, 11) is -2.78. The van der Waals surface area contributed by atoms with E-state index in [4.69, 9.17) is 48.3 Å². The van der Waals surface area contributed by atoms with Crippen molar-refractivity contribution >= 4 is 73.1 Å². The van der Waals surface area contributed by atoms with E-state index in [-0.39, 0.29) is 108 Å². The van der Waals surface area contributed by atoms with Crippen molar-refractivity contribution in [3.63, 3.8) is 0 Å². The van der Waals surface area contributed by atoms with Crippen LogP contribution in [0.25, 0.3) is 22.8 Å². The first-order valence-corrected chi connectivity index (χ1v) is 27.5. The fourth-order valence-corrected chi connectivity index (χ4v) is 12.7. The summed E-state index contributed by atoms with van der Waals surface area (Å²) in [6.07, 6.45) is -0.408. The first-order valence-electron chi connectivity index (χ1n) is 23.8. The molecule has 6 heterocycles. The number of nitrogens with two attached hydrogens (primary N) is 2. The van der Waals surface area contributed by atoms with Crippen molar-refractivity contribution in [3.05, 3.63) is 118 Å². The number of anilines is 2. The van der Waals surface area contributed by atoms with E-state index in [0.29, 0.717) is 15.6 Å². The second kappa shape index (κ2) is 21.9. The number of sulfone groups is 1. The number of alkyl halides is 2. The SMILES string of the molecule is CN1CC(c2nc(-c3cc4c(cc3F)S(=O)C[C@H](N)C(=O)N4Cc3ccc(Cl)cc3)no2)CC(F)(F)C1.COC(=O)N1CCC(C#N)(c2nnc(-c3ccc4c(c3)N(Cc3ccc(Cl)cc3)C(=O)[C@@H](N)CS4(=O)=O)o2)CC1. The van der Waals surface area contributed by atoms with Crippen molar-refractivity contribution in [2.24, 2.45) is 11.5 Å². The summed E-state index contributed by atoms with van der Waals surface area (Å²) in [6, 6.07) is 20.4. The van der Waals surface area contributed by atoms with Gasteiger partial charge in [0.05, 0.1) is 99.8 Å². The topological polar surface area (TPSA) is 278 Å². The Morgan fingerprint density at radius 3 is 2.16 bits per heavy atom. The van der Waals surface area contributed by atoms with E-state index in [2.05, 4.69) is 26.4 Å². The van der Waals surface area contributed by atoms with Crippen LogP contribution < -0.4 is 21.3 Å². The number of carbonyl (C=O) groups is 3.